The molecule has 0 spiro atoms. The van der Waals surface area contributed by atoms with Crippen molar-refractivity contribution >= 4 is 11.4 Å². The lowest BCUT2D eigenvalue weighted by Gasteiger charge is -2.29. The number of ether oxygens (including phenoxy) is 1. The number of hydrogen-bond acceptors (Lipinski definition) is 4. The van der Waals surface area contributed by atoms with Gasteiger partial charge in [0.05, 0.1) is 12.8 Å². The second-order valence-corrected chi connectivity index (χ2v) is 5.08. The maximum atomic E-state index is 5.80. The van der Waals surface area contributed by atoms with Gasteiger partial charge in [-0.3, -0.25) is 0 Å². The quantitative estimate of drug-likeness (QED) is 0.802. The molecule has 1 saturated heterocycles. The highest BCUT2D eigenvalue weighted by Crippen LogP contribution is 2.25. The molecule has 0 aromatic heterocycles. The molecule has 1 aliphatic rings. The summed E-state index contributed by atoms with van der Waals surface area (Å²) in [5.41, 5.74) is 7.56. The van der Waals surface area contributed by atoms with Crippen LogP contribution in [0.25, 0.3) is 0 Å². The Balaban J connectivity index is 1.86. The van der Waals surface area contributed by atoms with E-state index in [1.807, 2.05) is 18.2 Å². The highest BCUT2D eigenvalue weighted by Gasteiger charge is 2.16. The summed E-state index contributed by atoms with van der Waals surface area (Å²) in [5, 5.41) is 3.48. The van der Waals surface area contributed by atoms with Gasteiger partial charge in [-0.05, 0) is 51.0 Å². The van der Waals surface area contributed by atoms with Crippen LogP contribution in [0.5, 0.6) is 5.75 Å². The second-order valence-electron chi connectivity index (χ2n) is 5.08. The van der Waals surface area contributed by atoms with Crippen LogP contribution in [-0.4, -0.2) is 38.7 Å². The van der Waals surface area contributed by atoms with Crippen molar-refractivity contribution < 1.29 is 4.74 Å². The molecule has 4 heteroatoms. The van der Waals surface area contributed by atoms with Gasteiger partial charge in [-0.1, -0.05) is 0 Å². The van der Waals surface area contributed by atoms with Gasteiger partial charge in [0.1, 0.15) is 5.75 Å². The van der Waals surface area contributed by atoms with Crippen LogP contribution in [-0.2, 0) is 0 Å². The molecule has 1 heterocycles. The first-order valence-electron chi connectivity index (χ1n) is 6.55. The van der Waals surface area contributed by atoms with Crippen molar-refractivity contribution in [1.29, 1.82) is 0 Å². The topological polar surface area (TPSA) is 50.5 Å². The molecule has 0 unspecified atom stereocenters. The summed E-state index contributed by atoms with van der Waals surface area (Å²) in [6, 6.07) is 5.85. The van der Waals surface area contributed by atoms with Crippen LogP contribution in [0, 0.1) is 5.92 Å². The number of nitrogen functional groups attached to an aromatic ring is 1. The maximum absolute atomic E-state index is 5.80. The number of piperidine rings is 1. The van der Waals surface area contributed by atoms with Crippen molar-refractivity contribution in [3.8, 4) is 5.75 Å². The maximum Gasteiger partial charge on any atom is 0.143 e. The summed E-state index contributed by atoms with van der Waals surface area (Å²) >= 11 is 0. The van der Waals surface area contributed by atoms with E-state index >= 15 is 0 Å². The lowest BCUT2D eigenvalue weighted by atomic mass is 9.97. The Hall–Kier alpha value is -1.42. The van der Waals surface area contributed by atoms with E-state index in [-0.39, 0.29) is 0 Å². The fourth-order valence-electron chi connectivity index (χ4n) is 2.35. The van der Waals surface area contributed by atoms with Gasteiger partial charge in [0.2, 0.25) is 0 Å². The molecule has 1 fully saturated rings. The minimum Gasteiger partial charge on any atom is -0.495 e. The van der Waals surface area contributed by atoms with E-state index in [4.69, 9.17) is 10.5 Å². The van der Waals surface area contributed by atoms with Gasteiger partial charge in [-0.15, -0.1) is 0 Å². The van der Waals surface area contributed by atoms with Gasteiger partial charge < -0.3 is 20.7 Å². The first kappa shape index (κ1) is 13.0. The number of rotatable bonds is 4. The molecule has 1 aromatic carbocycles. The van der Waals surface area contributed by atoms with Crippen LogP contribution in [0.1, 0.15) is 12.8 Å². The van der Waals surface area contributed by atoms with E-state index < -0.39 is 0 Å². The van der Waals surface area contributed by atoms with E-state index in [0.717, 1.165) is 23.9 Å². The zero-order chi connectivity index (χ0) is 13.0. The molecule has 2 rings (SSSR count). The van der Waals surface area contributed by atoms with Gasteiger partial charge in [-0.25, -0.2) is 0 Å². The Kier molecular flexibility index (Phi) is 4.31. The van der Waals surface area contributed by atoms with Crippen LogP contribution in [0.4, 0.5) is 11.4 Å². The summed E-state index contributed by atoms with van der Waals surface area (Å²) in [6.07, 6.45) is 2.55. The predicted molar refractivity (Wildman–Crippen MR) is 76.1 cm³/mol. The molecule has 0 saturated carbocycles. The minimum absolute atomic E-state index is 0.683. The van der Waals surface area contributed by atoms with Crippen LogP contribution < -0.4 is 15.8 Å². The Morgan fingerprint density at radius 3 is 2.78 bits per heavy atom. The van der Waals surface area contributed by atoms with Crippen molar-refractivity contribution in [2.75, 3.05) is 44.8 Å². The first-order valence-corrected chi connectivity index (χ1v) is 6.55. The fourth-order valence-corrected chi connectivity index (χ4v) is 2.35. The van der Waals surface area contributed by atoms with E-state index in [1.165, 1.54) is 25.9 Å². The Bertz CT molecular complexity index is 387. The monoisotopic (exact) mass is 249 g/mol. The summed E-state index contributed by atoms with van der Waals surface area (Å²) in [6.45, 7) is 3.44. The van der Waals surface area contributed by atoms with Crippen LogP contribution >= 0.6 is 0 Å². The third-order valence-electron chi connectivity index (χ3n) is 3.67. The second kappa shape index (κ2) is 5.96. The number of anilines is 2. The van der Waals surface area contributed by atoms with Gasteiger partial charge >= 0.3 is 0 Å². The fraction of sp³-hybridized carbons (Fsp3) is 0.571. The molecular formula is C14H23N3O. The molecule has 0 aliphatic carbocycles. The molecular weight excluding hydrogens is 226 g/mol. The Labute approximate surface area is 109 Å². The Morgan fingerprint density at radius 1 is 1.39 bits per heavy atom. The molecule has 3 N–H and O–H groups in total. The van der Waals surface area contributed by atoms with E-state index in [1.54, 1.807) is 7.11 Å². The summed E-state index contributed by atoms with van der Waals surface area (Å²) in [5.74, 6) is 1.51. The molecule has 0 bridgehead atoms. The van der Waals surface area contributed by atoms with E-state index in [2.05, 4.69) is 17.3 Å². The largest absolute Gasteiger partial charge is 0.495 e. The standard InChI is InChI=1S/C14H23N3O/c1-17-7-5-11(6-8-17)10-16-12-3-4-13(15)14(9-12)18-2/h3-4,9,11,16H,5-8,10,15H2,1-2H3. The summed E-state index contributed by atoms with van der Waals surface area (Å²) < 4.78 is 5.22. The lowest BCUT2D eigenvalue weighted by Crippen LogP contribution is -2.32. The van der Waals surface area contributed by atoms with Gasteiger partial charge in [0.15, 0.2) is 0 Å². The van der Waals surface area contributed by atoms with Gasteiger partial charge in [0.25, 0.3) is 0 Å². The molecule has 0 atom stereocenters. The molecule has 0 radical (unpaired) electrons. The molecule has 4 nitrogen and oxygen atoms in total. The zero-order valence-corrected chi connectivity index (χ0v) is 11.3. The first-order chi connectivity index (χ1) is 8.69. The number of nitrogens with zero attached hydrogens (tertiary/aromatic N) is 1. The van der Waals surface area contributed by atoms with E-state index in [0.29, 0.717) is 5.69 Å². The average molecular weight is 249 g/mol. The van der Waals surface area contributed by atoms with Crippen molar-refractivity contribution in [3.63, 3.8) is 0 Å². The third-order valence-corrected chi connectivity index (χ3v) is 3.67. The van der Waals surface area contributed by atoms with Crippen LogP contribution in [0.2, 0.25) is 0 Å². The van der Waals surface area contributed by atoms with Gasteiger partial charge in [-0.2, -0.15) is 0 Å². The van der Waals surface area contributed by atoms with Crippen molar-refractivity contribution in [2.45, 2.75) is 12.8 Å². The third kappa shape index (κ3) is 3.29. The number of likely N-dealkylation sites (tertiary alicyclic amines) is 1. The van der Waals surface area contributed by atoms with Crippen LogP contribution in [0.3, 0.4) is 0 Å². The molecule has 18 heavy (non-hydrogen) atoms. The number of methoxy groups -OCH3 is 1. The van der Waals surface area contributed by atoms with Gasteiger partial charge in [0, 0.05) is 18.3 Å². The van der Waals surface area contributed by atoms with Crippen molar-refractivity contribution in [3.05, 3.63) is 18.2 Å². The molecule has 1 aromatic rings. The Morgan fingerprint density at radius 2 is 2.11 bits per heavy atom. The molecule has 1 aliphatic heterocycles. The normalized spacial score (nSPS) is 17.7. The molecule has 100 valence electrons. The summed E-state index contributed by atoms with van der Waals surface area (Å²) in [7, 11) is 3.83. The SMILES string of the molecule is COc1cc(NCC2CCN(C)CC2)ccc1N. The smallest absolute Gasteiger partial charge is 0.143 e. The summed E-state index contributed by atoms with van der Waals surface area (Å²) in [4.78, 5) is 2.39. The lowest BCUT2D eigenvalue weighted by molar-refractivity contribution is 0.226. The average Bonchev–Trinajstić information content (AvgIpc) is 2.39. The highest BCUT2D eigenvalue weighted by molar-refractivity contribution is 5.61. The van der Waals surface area contributed by atoms with Crippen molar-refractivity contribution in [2.24, 2.45) is 5.92 Å². The van der Waals surface area contributed by atoms with Crippen LogP contribution in [0.15, 0.2) is 18.2 Å². The van der Waals surface area contributed by atoms with E-state index in [9.17, 15) is 0 Å². The minimum atomic E-state index is 0.683. The number of nitrogens with two attached hydrogens (primary N) is 1. The molecule has 0 amide bonds. The zero-order valence-electron chi connectivity index (χ0n) is 11.3. The number of nitrogens with one attached hydrogen (secondary N) is 1. The predicted octanol–water partition coefficient (Wildman–Crippen LogP) is 2.03. The number of hydrogen-bond donors (Lipinski definition) is 2. The number of benzene rings is 1. The van der Waals surface area contributed by atoms with Crippen molar-refractivity contribution in [1.82, 2.24) is 4.90 Å². The highest BCUT2D eigenvalue weighted by atomic mass is 16.5.